The number of amides is 1. The second-order valence-corrected chi connectivity index (χ2v) is 6.82. The first-order valence-electron chi connectivity index (χ1n) is 7.77. The number of likely N-dealkylation sites (tertiary alicyclic amines) is 1. The molecule has 0 aliphatic carbocycles. The standard InChI is InChI=1S/C17H25BrN2O/c1-13-11-14(3-5-16(13)18)4-6-17(21)20-9-7-15(8-10-20)12-19-2/h3,5,11,15,19H,4,6-10,12H2,1-2H3. The van der Waals surface area contributed by atoms with Crippen LogP contribution in [0.25, 0.3) is 0 Å². The Kier molecular flexibility index (Phi) is 6.24. The Morgan fingerprint density at radius 3 is 2.71 bits per heavy atom. The molecule has 0 radical (unpaired) electrons. The zero-order valence-corrected chi connectivity index (χ0v) is 14.6. The van der Waals surface area contributed by atoms with Crippen molar-refractivity contribution >= 4 is 21.8 Å². The van der Waals surface area contributed by atoms with Crippen LogP contribution < -0.4 is 5.32 Å². The van der Waals surface area contributed by atoms with E-state index in [0.29, 0.717) is 12.3 Å². The van der Waals surface area contributed by atoms with Crippen LogP contribution in [-0.2, 0) is 11.2 Å². The number of nitrogens with zero attached hydrogens (tertiary/aromatic N) is 1. The lowest BCUT2D eigenvalue weighted by atomic mass is 9.96. The number of nitrogens with one attached hydrogen (secondary N) is 1. The second-order valence-electron chi connectivity index (χ2n) is 5.97. The average Bonchev–Trinajstić information content (AvgIpc) is 2.49. The molecule has 1 aliphatic rings. The smallest absolute Gasteiger partial charge is 0.222 e. The quantitative estimate of drug-likeness (QED) is 0.882. The van der Waals surface area contributed by atoms with Gasteiger partial charge >= 0.3 is 0 Å². The molecule has 2 rings (SSSR count). The number of carbonyl (C=O) groups excluding carboxylic acids is 1. The summed E-state index contributed by atoms with van der Waals surface area (Å²) in [5.41, 5.74) is 2.47. The van der Waals surface area contributed by atoms with Crippen molar-refractivity contribution in [3.05, 3.63) is 33.8 Å². The van der Waals surface area contributed by atoms with Crippen LogP contribution in [0.2, 0.25) is 0 Å². The van der Waals surface area contributed by atoms with Crippen molar-refractivity contribution in [2.45, 2.75) is 32.6 Å². The summed E-state index contributed by atoms with van der Waals surface area (Å²) < 4.78 is 1.13. The van der Waals surface area contributed by atoms with Crippen LogP contribution in [0, 0.1) is 12.8 Å². The first-order chi connectivity index (χ1) is 10.1. The van der Waals surface area contributed by atoms with E-state index in [0.717, 1.165) is 49.3 Å². The van der Waals surface area contributed by atoms with Crippen molar-refractivity contribution in [2.75, 3.05) is 26.7 Å². The van der Waals surface area contributed by atoms with Crippen molar-refractivity contribution < 1.29 is 4.79 Å². The minimum atomic E-state index is 0.304. The van der Waals surface area contributed by atoms with Gasteiger partial charge in [0.25, 0.3) is 0 Å². The van der Waals surface area contributed by atoms with E-state index in [2.05, 4.69) is 46.4 Å². The summed E-state index contributed by atoms with van der Waals surface area (Å²) in [6, 6.07) is 6.33. The molecule has 1 aliphatic heterocycles. The Bertz CT molecular complexity index is 482. The van der Waals surface area contributed by atoms with Gasteiger partial charge < -0.3 is 10.2 Å². The highest BCUT2D eigenvalue weighted by Crippen LogP contribution is 2.20. The van der Waals surface area contributed by atoms with Gasteiger partial charge in [-0.25, -0.2) is 0 Å². The van der Waals surface area contributed by atoms with E-state index in [-0.39, 0.29) is 0 Å². The highest BCUT2D eigenvalue weighted by molar-refractivity contribution is 9.10. The van der Waals surface area contributed by atoms with Crippen LogP contribution in [0.5, 0.6) is 0 Å². The number of benzene rings is 1. The third-order valence-corrected chi connectivity index (χ3v) is 5.20. The van der Waals surface area contributed by atoms with E-state index in [1.807, 2.05) is 11.9 Å². The van der Waals surface area contributed by atoms with E-state index in [1.165, 1.54) is 11.1 Å². The SMILES string of the molecule is CNCC1CCN(C(=O)CCc2ccc(Br)c(C)c2)CC1. The average molecular weight is 353 g/mol. The predicted molar refractivity (Wildman–Crippen MR) is 90.4 cm³/mol. The monoisotopic (exact) mass is 352 g/mol. The molecule has 0 bridgehead atoms. The number of rotatable bonds is 5. The van der Waals surface area contributed by atoms with Crippen molar-refractivity contribution in [2.24, 2.45) is 5.92 Å². The molecule has 0 saturated carbocycles. The Hall–Kier alpha value is -0.870. The molecule has 4 heteroatoms. The molecular weight excluding hydrogens is 328 g/mol. The van der Waals surface area contributed by atoms with E-state index >= 15 is 0 Å². The van der Waals surface area contributed by atoms with Crippen LogP contribution in [0.3, 0.4) is 0 Å². The molecule has 0 aromatic heterocycles. The predicted octanol–water partition coefficient (Wildman–Crippen LogP) is 3.15. The molecule has 0 atom stereocenters. The van der Waals surface area contributed by atoms with Crippen LogP contribution in [0.4, 0.5) is 0 Å². The van der Waals surface area contributed by atoms with Crippen LogP contribution >= 0.6 is 15.9 Å². The Morgan fingerprint density at radius 1 is 1.38 bits per heavy atom. The molecule has 3 nitrogen and oxygen atoms in total. The number of halogens is 1. The second kappa shape index (κ2) is 7.95. The van der Waals surface area contributed by atoms with Crippen LogP contribution in [0.15, 0.2) is 22.7 Å². The molecule has 1 amide bonds. The van der Waals surface area contributed by atoms with E-state index in [9.17, 15) is 4.79 Å². The highest BCUT2D eigenvalue weighted by Gasteiger charge is 2.21. The maximum atomic E-state index is 12.3. The van der Waals surface area contributed by atoms with Crippen LogP contribution in [0.1, 0.15) is 30.4 Å². The number of carbonyl (C=O) groups is 1. The van der Waals surface area contributed by atoms with Gasteiger partial charge in [0.15, 0.2) is 0 Å². The maximum absolute atomic E-state index is 12.3. The molecule has 1 heterocycles. The number of hydrogen-bond acceptors (Lipinski definition) is 2. The third-order valence-electron chi connectivity index (χ3n) is 4.31. The highest BCUT2D eigenvalue weighted by atomic mass is 79.9. The van der Waals surface area contributed by atoms with Gasteiger partial charge in [0.2, 0.25) is 5.91 Å². The Labute approximate surface area is 136 Å². The fraction of sp³-hybridized carbons (Fsp3) is 0.588. The molecule has 21 heavy (non-hydrogen) atoms. The molecule has 1 aromatic carbocycles. The van der Waals surface area contributed by atoms with E-state index in [4.69, 9.17) is 0 Å². The molecular formula is C17H25BrN2O. The summed E-state index contributed by atoms with van der Waals surface area (Å²) in [6.07, 6.45) is 3.72. The summed E-state index contributed by atoms with van der Waals surface area (Å²) in [5.74, 6) is 1.03. The van der Waals surface area contributed by atoms with Gasteiger partial charge in [-0.2, -0.15) is 0 Å². The minimum Gasteiger partial charge on any atom is -0.343 e. The lowest BCUT2D eigenvalue weighted by molar-refractivity contribution is -0.132. The van der Waals surface area contributed by atoms with E-state index in [1.54, 1.807) is 0 Å². The first kappa shape index (κ1) is 16.5. The zero-order chi connectivity index (χ0) is 15.2. The molecule has 1 saturated heterocycles. The molecule has 116 valence electrons. The van der Waals surface area contributed by atoms with Crippen molar-refractivity contribution in [1.29, 1.82) is 0 Å². The fourth-order valence-electron chi connectivity index (χ4n) is 2.95. The number of piperidine rings is 1. The molecule has 0 unspecified atom stereocenters. The summed E-state index contributed by atoms with van der Waals surface area (Å²) >= 11 is 3.51. The maximum Gasteiger partial charge on any atom is 0.222 e. The van der Waals surface area contributed by atoms with Gasteiger partial charge in [0.05, 0.1) is 0 Å². The summed E-state index contributed by atoms with van der Waals surface area (Å²) in [5, 5.41) is 3.23. The van der Waals surface area contributed by atoms with Gasteiger partial charge in [-0.15, -0.1) is 0 Å². The van der Waals surface area contributed by atoms with Crippen molar-refractivity contribution in [1.82, 2.24) is 10.2 Å². The van der Waals surface area contributed by atoms with Gasteiger partial charge in [-0.1, -0.05) is 28.1 Å². The summed E-state index contributed by atoms with van der Waals surface area (Å²) in [7, 11) is 2.00. The molecule has 1 aromatic rings. The number of aryl methyl sites for hydroxylation is 2. The lowest BCUT2D eigenvalue weighted by Gasteiger charge is -2.32. The zero-order valence-electron chi connectivity index (χ0n) is 13.0. The number of hydrogen-bond donors (Lipinski definition) is 1. The summed E-state index contributed by atoms with van der Waals surface area (Å²) in [6.45, 7) is 5.00. The van der Waals surface area contributed by atoms with Gasteiger partial charge in [-0.3, -0.25) is 4.79 Å². The van der Waals surface area contributed by atoms with Crippen LogP contribution in [-0.4, -0.2) is 37.5 Å². The van der Waals surface area contributed by atoms with Gasteiger partial charge in [-0.05, 0) is 62.9 Å². The van der Waals surface area contributed by atoms with E-state index < -0.39 is 0 Å². The molecule has 1 fully saturated rings. The molecule has 1 N–H and O–H groups in total. The normalized spacial score (nSPS) is 16.2. The van der Waals surface area contributed by atoms with Crippen molar-refractivity contribution in [3.8, 4) is 0 Å². The largest absolute Gasteiger partial charge is 0.343 e. The van der Waals surface area contributed by atoms with Crippen molar-refractivity contribution in [3.63, 3.8) is 0 Å². The van der Waals surface area contributed by atoms with Gasteiger partial charge in [0.1, 0.15) is 0 Å². The fourth-order valence-corrected chi connectivity index (χ4v) is 3.19. The third kappa shape index (κ3) is 4.82. The topological polar surface area (TPSA) is 32.3 Å². The summed E-state index contributed by atoms with van der Waals surface area (Å²) in [4.78, 5) is 14.3. The minimum absolute atomic E-state index is 0.304. The Morgan fingerprint density at radius 2 is 2.10 bits per heavy atom. The lowest BCUT2D eigenvalue weighted by Crippen LogP contribution is -2.40. The Balaban J connectivity index is 1.78. The first-order valence-corrected chi connectivity index (χ1v) is 8.57. The molecule has 0 spiro atoms. The van der Waals surface area contributed by atoms with Gasteiger partial charge in [0, 0.05) is 24.0 Å².